The summed E-state index contributed by atoms with van der Waals surface area (Å²) in [4.78, 5) is 18.9. The number of methoxy groups -OCH3 is 2. The lowest BCUT2D eigenvalue weighted by atomic mass is 9.94. The van der Waals surface area contributed by atoms with Crippen LogP contribution in [0.15, 0.2) is 52.7 Å². The van der Waals surface area contributed by atoms with Gasteiger partial charge in [-0.25, -0.2) is 9.18 Å². The molecule has 0 saturated carbocycles. The number of phenols is 1. The fourth-order valence-corrected chi connectivity index (χ4v) is 3.72. The van der Waals surface area contributed by atoms with Gasteiger partial charge in [0.2, 0.25) is 5.82 Å². The molecule has 0 saturated heterocycles. The van der Waals surface area contributed by atoms with Crippen LogP contribution in [0.4, 0.5) is 9.18 Å². The average molecular weight is 454 g/mol. The Morgan fingerprint density at radius 2 is 2.06 bits per heavy atom. The summed E-state index contributed by atoms with van der Waals surface area (Å²) < 4.78 is 29.5. The van der Waals surface area contributed by atoms with Gasteiger partial charge in [0.25, 0.3) is 5.89 Å². The molecular weight excluding hydrogens is 431 g/mol. The second-order valence-electron chi connectivity index (χ2n) is 7.39. The first-order chi connectivity index (χ1) is 15.9. The summed E-state index contributed by atoms with van der Waals surface area (Å²) in [6, 6.07) is 9.68. The van der Waals surface area contributed by atoms with Crippen molar-refractivity contribution >= 4 is 11.6 Å². The standard InChI is InChI=1S/C23H23FN4O5/c1-13-19(22-26-21(27-33-22)15-5-4-6-16(24)11-15)20(25-23(30)28(13)9-10-31-2)14-7-8-18(32-3)17(29)12-14/h4-8,11-12,20,29H,9-10H2,1-3H3,(H,25,30). The Morgan fingerprint density at radius 3 is 2.76 bits per heavy atom. The zero-order valence-corrected chi connectivity index (χ0v) is 18.3. The second kappa shape index (κ2) is 9.29. The van der Waals surface area contributed by atoms with Crippen LogP contribution < -0.4 is 10.1 Å². The molecule has 0 aliphatic carbocycles. The molecule has 1 aliphatic rings. The van der Waals surface area contributed by atoms with Crippen molar-refractivity contribution < 1.29 is 28.3 Å². The Morgan fingerprint density at radius 1 is 1.24 bits per heavy atom. The van der Waals surface area contributed by atoms with Gasteiger partial charge in [0.1, 0.15) is 5.82 Å². The first kappa shape index (κ1) is 22.3. The summed E-state index contributed by atoms with van der Waals surface area (Å²) in [7, 11) is 3.00. The number of amides is 2. The maximum atomic E-state index is 13.7. The van der Waals surface area contributed by atoms with Crippen molar-refractivity contribution in [2.24, 2.45) is 0 Å². The number of allylic oxidation sites excluding steroid dienone is 1. The first-order valence-electron chi connectivity index (χ1n) is 10.2. The van der Waals surface area contributed by atoms with Crippen molar-refractivity contribution in [1.29, 1.82) is 0 Å². The molecule has 3 aromatic rings. The Labute approximate surface area is 189 Å². The summed E-state index contributed by atoms with van der Waals surface area (Å²) in [6.07, 6.45) is 0. The highest BCUT2D eigenvalue weighted by atomic mass is 19.1. The predicted octanol–water partition coefficient (Wildman–Crippen LogP) is 3.73. The molecule has 1 aliphatic heterocycles. The minimum atomic E-state index is -0.686. The molecule has 9 nitrogen and oxygen atoms in total. The number of benzene rings is 2. The maximum Gasteiger partial charge on any atom is 0.322 e. The Balaban J connectivity index is 1.81. The molecule has 1 unspecified atom stereocenters. The van der Waals surface area contributed by atoms with Crippen LogP contribution in [0, 0.1) is 5.82 Å². The number of ether oxygens (including phenoxy) is 2. The van der Waals surface area contributed by atoms with Crippen LogP contribution in [0.5, 0.6) is 11.5 Å². The summed E-state index contributed by atoms with van der Waals surface area (Å²) in [5.41, 5.74) is 2.18. The van der Waals surface area contributed by atoms with Gasteiger partial charge in [-0.3, -0.25) is 4.90 Å². The smallest absolute Gasteiger partial charge is 0.322 e. The van der Waals surface area contributed by atoms with E-state index in [1.54, 1.807) is 38.3 Å². The van der Waals surface area contributed by atoms with E-state index in [9.17, 15) is 14.3 Å². The van der Waals surface area contributed by atoms with Gasteiger partial charge in [0.15, 0.2) is 11.5 Å². The lowest BCUT2D eigenvalue weighted by Gasteiger charge is -2.35. The van der Waals surface area contributed by atoms with Gasteiger partial charge in [-0.2, -0.15) is 4.98 Å². The Hall–Kier alpha value is -3.92. The third-order valence-corrected chi connectivity index (χ3v) is 5.39. The minimum Gasteiger partial charge on any atom is -0.504 e. The first-order valence-corrected chi connectivity index (χ1v) is 10.2. The molecule has 0 spiro atoms. The zero-order chi connectivity index (χ0) is 23.5. The fourth-order valence-electron chi connectivity index (χ4n) is 3.72. The largest absolute Gasteiger partial charge is 0.504 e. The van der Waals surface area contributed by atoms with Crippen LogP contribution in [0.25, 0.3) is 17.0 Å². The quantitative estimate of drug-likeness (QED) is 0.560. The maximum absolute atomic E-state index is 13.7. The minimum absolute atomic E-state index is 0.0750. The van der Waals surface area contributed by atoms with Crippen LogP contribution >= 0.6 is 0 Å². The number of phenolic OH excluding ortho intramolecular Hbond substituents is 1. The number of carbonyl (C=O) groups excluding carboxylic acids is 1. The molecule has 2 amide bonds. The number of hydrogen-bond donors (Lipinski definition) is 2. The molecule has 172 valence electrons. The van der Waals surface area contributed by atoms with E-state index in [0.717, 1.165) is 0 Å². The summed E-state index contributed by atoms with van der Waals surface area (Å²) in [5.74, 6) is 0.178. The van der Waals surface area contributed by atoms with Crippen LogP contribution in [0.2, 0.25) is 0 Å². The molecule has 1 atom stereocenters. The van der Waals surface area contributed by atoms with E-state index in [-0.39, 0.29) is 23.5 Å². The number of rotatable bonds is 7. The molecule has 0 radical (unpaired) electrons. The van der Waals surface area contributed by atoms with E-state index in [4.69, 9.17) is 14.0 Å². The number of nitrogens with zero attached hydrogens (tertiary/aromatic N) is 3. The molecule has 1 aromatic heterocycles. The normalized spacial score (nSPS) is 16.2. The molecule has 2 N–H and O–H groups in total. The van der Waals surface area contributed by atoms with Crippen molar-refractivity contribution in [3.05, 3.63) is 65.4 Å². The van der Waals surface area contributed by atoms with Crippen LogP contribution in [0.1, 0.15) is 24.4 Å². The monoisotopic (exact) mass is 454 g/mol. The van der Waals surface area contributed by atoms with Crippen molar-refractivity contribution in [3.63, 3.8) is 0 Å². The molecular formula is C23H23FN4O5. The van der Waals surface area contributed by atoms with Crippen molar-refractivity contribution in [1.82, 2.24) is 20.4 Å². The third kappa shape index (κ3) is 4.37. The Bertz CT molecular complexity index is 1210. The number of hydrogen-bond acceptors (Lipinski definition) is 7. The molecule has 2 heterocycles. The Kier molecular flexibility index (Phi) is 6.27. The third-order valence-electron chi connectivity index (χ3n) is 5.39. The van der Waals surface area contributed by atoms with E-state index >= 15 is 0 Å². The summed E-state index contributed by atoms with van der Waals surface area (Å²) in [5, 5.41) is 17.2. The number of aromatic nitrogens is 2. The predicted molar refractivity (Wildman–Crippen MR) is 117 cm³/mol. The fraction of sp³-hybridized carbons (Fsp3) is 0.261. The van der Waals surface area contributed by atoms with E-state index in [2.05, 4.69) is 15.5 Å². The molecule has 0 fully saturated rings. The van der Waals surface area contributed by atoms with E-state index in [1.807, 2.05) is 0 Å². The van der Waals surface area contributed by atoms with Gasteiger partial charge in [-0.1, -0.05) is 23.4 Å². The highest BCUT2D eigenvalue weighted by Gasteiger charge is 2.36. The lowest BCUT2D eigenvalue weighted by molar-refractivity contribution is 0.158. The van der Waals surface area contributed by atoms with Crippen molar-refractivity contribution in [3.8, 4) is 22.9 Å². The van der Waals surface area contributed by atoms with Gasteiger partial charge in [0, 0.05) is 18.4 Å². The molecule has 2 aromatic carbocycles. The van der Waals surface area contributed by atoms with Crippen LogP contribution in [-0.2, 0) is 4.74 Å². The van der Waals surface area contributed by atoms with E-state index in [0.29, 0.717) is 41.3 Å². The van der Waals surface area contributed by atoms with Crippen LogP contribution in [0.3, 0.4) is 0 Å². The topological polar surface area (TPSA) is 110 Å². The van der Waals surface area contributed by atoms with Crippen molar-refractivity contribution in [2.45, 2.75) is 13.0 Å². The lowest BCUT2D eigenvalue weighted by Crippen LogP contribution is -2.47. The van der Waals surface area contributed by atoms with Gasteiger partial charge in [-0.05, 0) is 36.8 Å². The number of carbonyl (C=O) groups is 1. The van der Waals surface area contributed by atoms with Gasteiger partial charge < -0.3 is 24.4 Å². The van der Waals surface area contributed by atoms with E-state index in [1.165, 1.54) is 30.2 Å². The summed E-state index contributed by atoms with van der Waals surface area (Å²) >= 11 is 0. The number of aromatic hydroxyl groups is 1. The van der Waals surface area contributed by atoms with Gasteiger partial charge in [0.05, 0.1) is 31.9 Å². The molecule has 10 heteroatoms. The molecule has 33 heavy (non-hydrogen) atoms. The number of halogens is 1. The van der Waals surface area contributed by atoms with Crippen LogP contribution in [-0.4, -0.2) is 53.5 Å². The number of nitrogens with one attached hydrogen (secondary N) is 1. The highest BCUT2D eigenvalue weighted by molar-refractivity contribution is 5.87. The second-order valence-corrected chi connectivity index (χ2v) is 7.39. The van der Waals surface area contributed by atoms with Crippen molar-refractivity contribution in [2.75, 3.05) is 27.4 Å². The van der Waals surface area contributed by atoms with Gasteiger partial charge in [-0.15, -0.1) is 0 Å². The van der Waals surface area contributed by atoms with Gasteiger partial charge >= 0.3 is 6.03 Å². The SMILES string of the molecule is COCCN1C(=O)NC(c2ccc(OC)c(O)c2)C(c2nc(-c3cccc(F)c3)no2)=C1C. The highest BCUT2D eigenvalue weighted by Crippen LogP contribution is 2.39. The zero-order valence-electron chi connectivity index (χ0n) is 18.3. The average Bonchev–Trinajstić information content (AvgIpc) is 3.28. The number of urea groups is 1. The molecule has 4 rings (SSSR count). The van der Waals surface area contributed by atoms with E-state index < -0.39 is 11.9 Å². The molecule has 0 bridgehead atoms. The summed E-state index contributed by atoms with van der Waals surface area (Å²) in [6.45, 7) is 2.40.